The monoisotopic (exact) mass is 480 g/mol. The summed E-state index contributed by atoms with van der Waals surface area (Å²) in [7, 11) is 0. The van der Waals surface area contributed by atoms with E-state index in [0.29, 0.717) is 28.6 Å². The van der Waals surface area contributed by atoms with E-state index >= 15 is 0 Å². The maximum atomic E-state index is 12.7. The normalized spacial score (nSPS) is 18.4. The summed E-state index contributed by atoms with van der Waals surface area (Å²) in [6, 6.07) is 15.8. The van der Waals surface area contributed by atoms with Gasteiger partial charge in [-0.2, -0.15) is 0 Å². The molecule has 0 radical (unpaired) electrons. The van der Waals surface area contributed by atoms with Gasteiger partial charge in [0.2, 0.25) is 5.91 Å². The molecule has 33 heavy (non-hydrogen) atoms. The highest BCUT2D eigenvalue weighted by Crippen LogP contribution is 2.32. The fourth-order valence-electron chi connectivity index (χ4n) is 3.98. The van der Waals surface area contributed by atoms with Crippen molar-refractivity contribution in [2.24, 2.45) is 0 Å². The van der Waals surface area contributed by atoms with Crippen LogP contribution in [0.25, 0.3) is 6.08 Å². The summed E-state index contributed by atoms with van der Waals surface area (Å²) in [6.07, 6.45) is 5.68. The Morgan fingerprint density at radius 3 is 2.52 bits per heavy atom. The molecular formula is C25H28N4O2S2. The van der Waals surface area contributed by atoms with Crippen molar-refractivity contribution in [2.75, 3.05) is 39.3 Å². The van der Waals surface area contributed by atoms with Crippen LogP contribution in [0.5, 0.6) is 0 Å². The van der Waals surface area contributed by atoms with Gasteiger partial charge in [0.15, 0.2) is 0 Å². The molecule has 4 rings (SSSR count). The number of hydrogen-bond acceptors (Lipinski definition) is 6. The van der Waals surface area contributed by atoms with Crippen LogP contribution in [0.3, 0.4) is 0 Å². The second-order valence-electron chi connectivity index (χ2n) is 8.14. The van der Waals surface area contributed by atoms with Crippen molar-refractivity contribution in [1.82, 2.24) is 19.7 Å². The minimum absolute atomic E-state index is 0.0668. The Kier molecular flexibility index (Phi) is 8.25. The minimum Gasteiger partial charge on any atom is -0.340 e. The molecule has 0 N–H and O–H groups in total. The molecule has 0 atom stereocenters. The van der Waals surface area contributed by atoms with E-state index in [2.05, 4.69) is 16.0 Å². The number of carbonyl (C=O) groups is 2. The number of aromatic nitrogens is 1. The summed E-state index contributed by atoms with van der Waals surface area (Å²) in [5.41, 5.74) is 2.08. The van der Waals surface area contributed by atoms with Crippen molar-refractivity contribution < 1.29 is 9.59 Å². The number of benzene rings is 1. The SMILES string of the molecule is O=C(CCCN1C(=O)/C(=C/c2ccccc2)SC1=S)N1CCN(CCc2ccccn2)CC1. The third-order valence-corrected chi connectivity index (χ3v) is 7.26. The third kappa shape index (κ3) is 6.50. The van der Waals surface area contributed by atoms with Gasteiger partial charge in [0, 0.05) is 64.0 Å². The van der Waals surface area contributed by atoms with Crippen LogP contribution in [0.1, 0.15) is 24.1 Å². The Bertz CT molecular complexity index is 1010. The van der Waals surface area contributed by atoms with Crippen molar-refractivity contribution in [3.8, 4) is 0 Å². The van der Waals surface area contributed by atoms with Crippen LogP contribution in [0.15, 0.2) is 59.6 Å². The first-order chi connectivity index (χ1) is 16.1. The average Bonchev–Trinajstić information content (AvgIpc) is 3.11. The quantitative estimate of drug-likeness (QED) is 0.426. The highest BCUT2D eigenvalue weighted by atomic mass is 32.2. The van der Waals surface area contributed by atoms with E-state index < -0.39 is 0 Å². The Morgan fingerprint density at radius 2 is 1.79 bits per heavy atom. The first kappa shape index (κ1) is 23.6. The van der Waals surface area contributed by atoms with E-state index in [-0.39, 0.29) is 11.8 Å². The molecule has 2 fully saturated rings. The fourth-order valence-corrected chi connectivity index (χ4v) is 5.29. The second-order valence-corrected chi connectivity index (χ2v) is 9.82. The molecule has 0 bridgehead atoms. The van der Waals surface area contributed by atoms with E-state index in [0.717, 1.165) is 50.4 Å². The molecular weight excluding hydrogens is 452 g/mol. The summed E-state index contributed by atoms with van der Waals surface area (Å²) in [6.45, 7) is 4.72. The van der Waals surface area contributed by atoms with Gasteiger partial charge in [-0.1, -0.05) is 60.4 Å². The zero-order chi connectivity index (χ0) is 23.0. The molecule has 0 aliphatic carbocycles. The minimum atomic E-state index is -0.0668. The number of rotatable bonds is 8. The van der Waals surface area contributed by atoms with Crippen LogP contribution in [-0.4, -0.2) is 75.1 Å². The average molecular weight is 481 g/mol. The molecule has 0 spiro atoms. The van der Waals surface area contributed by atoms with Gasteiger partial charge in [0.1, 0.15) is 4.32 Å². The van der Waals surface area contributed by atoms with Crippen LogP contribution < -0.4 is 0 Å². The molecule has 1 aromatic heterocycles. The molecule has 2 aliphatic rings. The van der Waals surface area contributed by atoms with Crippen LogP contribution in [-0.2, 0) is 16.0 Å². The van der Waals surface area contributed by atoms with Crippen molar-refractivity contribution in [2.45, 2.75) is 19.3 Å². The smallest absolute Gasteiger partial charge is 0.266 e. The highest BCUT2D eigenvalue weighted by Gasteiger charge is 2.32. The van der Waals surface area contributed by atoms with Crippen molar-refractivity contribution in [1.29, 1.82) is 0 Å². The molecule has 2 aromatic rings. The number of pyridine rings is 1. The first-order valence-corrected chi connectivity index (χ1v) is 12.5. The second kappa shape index (κ2) is 11.5. The lowest BCUT2D eigenvalue weighted by molar-refractivity contribution is -0.133. The van der Waals surface area contributed by atoms with Gasteiger partial charge in [0.05, 0.1) is 4.91 Å². The molecule has 1 aromatic carbocycles. The summed E-state index contributed by atoms with van der Waals surface area (Å²) in [5, 5.41) is 0. The van der Waals surface area contributed by atoms with Crippen molar-refractivity contribution >= 4 is 46.2 Å². The zero-order valence-corrected chi connectivity index (χ0v) is 20.2. The first-order valence-electron chi connectivity index (χ1n) is 11.3. The van der Waals surface area contributed by atoms with Gasteiger partial charge in [-0.3, -0.25) is 24.4 Å². The van der Waals surface area contributed by atoms with E-state index in [9.17, 15) is 9.59 Å². The molecule has 172 valence electrons. The number of piperazine rings is 1. The topological polar surface area (TPSA) is 56.8 Å². The summed E-state index contributed by atoms with van der Waals surface area (Å²) >= 11 is 6.74. The van der Waals surface area contributed by atoms with Crippen LogP contribution in [0.2, 0.25) is 0 Å². The lowest BCUT2D eigenvalue weighted by Crippen LogP contribution is -2.49. The number of amides is 2. The number of thiocarbonyl (C=S) groups is 1. The Hall–Kier alpha value is -2.55. The lowest BCUT2D eigenvalue weighted by atomic mass is 10.2. The Balaban J connectivity index is 1.18. The molecule has 0 unspecified atom stereocenters. The summed E-state index contributed by atoms with van der Waals surface area (Å²) < 4.78 is 0.566. The van der Waals surface area contributed by atoms with Crippen LogP contribution >= 0.6 is 24.0 Å². The lowest BCUT2D eigenvalue weighted by Gasteiger charge is -2.34. The number of hydrogen-bond donors (Lipinski definition) is 0. The Morgan fingerprint density at radius 1 is 1.03 bits per heavy atom. The molecule has 2 saturated heterocycles. The fraction of sp³-hybridized carbons (Fsp3) is 0.360. The molecule has 2 amide bonds. The van der Waals surface area contributed by atoms with Gasteiger partial charge in [-0.25, -0.2) is 0 Å². The predicted octanol–water partition coefficient (Wildman–Crippen LogP) is 3.45. The summed E-state index contributed by atoms with van der Waals surface area (Å²) in [4.78, 5) is 36.4. The standard InChI is InChI=1S/C25H28N4O2S2/c30-23(28-17-15-27(16-18-28)14-11-21-9-4-5-12-26-21)10-6-13-29-24(31)22(33-25(29)32)19-20-7-2-1-3-8-20/h1-5,7-9,12,19H,6,10-11,13-18H2/b22-19-. The van der Waals surface area contributed by atoms with Crippen LogP contribution in [0.4, 0.5) is 0 Å². The van der Waals surface area contributed by atoms with Gasteiger partial charge in [-0.05, 0) is 30.2 Å². The van der Waals surface area contributed by atoms with Crippen molar-refractivity contribution in [3.63, 3.8) is 0 Å². The van der Waals surface area contributed by atoms with Gasteiger partial charge < -0.3 is 4.90 Å². The van der Waals surface area contributed by atoms with Gasteiger partial charge in [0.25, 0.3) is 5.91 Å². The van der Waals surface area contributed by atoms with E-state index in [1.165, 1.54) is 11.8 Å². The molecule has 2 aliphatic heterocycles. The molecule has 8 heteroatoms. The molecule has 6 nitrogen and oxygen atoms in total. The molecule has 3 heterocycles. The summed E-state index contributed by atoms with van der Waals surface area (Å²) in [5.74, 6) is 0.0902. The van der Waals surface area contributed by atoms with Gasteiger partial charge >= 0.3 is 0 Å². The highest BCUT2D eigenvalue weighted by molar-refractivity contribution is 8.26. The van der Waals surface area contributed by atoms with E-state index in [1.54, 1.807) is 4.90 Å². The van der Waals surface area contributed by atoms with Crippen LogP contribution in [0, 0.1) is 0 Å². The zero-order valence-electron chi connectivity index (χ0n) is 18.6. The largest absolute Gasteiger partial charge is 0.340 e. The molecule has 0 saturated carbocycles. The van der Waals surface area contributed by atoms with E-state index in [4.69, 9.17) is 12.2 Å². The third-order valence-electron chi connectivity index (χ3n) is 5.88. The number of nitrogens with zero attached hydrogens (tertiary/aromatic N) is 4. The van der Waals surface area contributed by atoms with E-state index in [1.807, 2.05) is 59.6 Å². The van der Waals surface area contributed by atoms with Crippen molar-refractivity contribution in [3.05, 3.63) is 70.9 Å². The Labute approximate surface area is 204 Å². The maximum Gasteiger partial charge on any atom is 0.266 e. The van der Waals surface area contributed by atoms with Gasteiger partial charge in [-0.15, -0.1) is 0 Å². The number of carbonyl (C=O) groups excluding carboxylic acids is 2. The number of thioether (sulfide) groups is 1. The predicted molar refractivity (Wildman–Crippen MR) is 137 cm³/mol. The maximum absolute atomic E-state index is 12.7.